The molecule has 10 heavy (non-hydrogen) atoms. The average molecular weight is 140 g/mol. The maximum absolute atomic E-state index is 7.44. The molecule has 2 N–H and O–H groups in total. The van der Waals surface area contributed by atoms with Gasteiger partial charge in [0.2, 0.25) is 0 Å². The Morgan fingerprint density at radius 3 is 2.80 bits per heavy atom. The lowest BCUT2D eigenvalue weighted by Gasteiger charge is -2.10. The molecule has 0 spiro atoms. The summed E-state index contributed by atoms with van der Waals surface area (Å²) in [4.78, 5) is 0. The molecular formula is C8H16N2. The zero-order valence-corrected chi connectivity index (χ0v) is 6.78. The van der Waals surface area contributed by atoms with E-state index in [2.05, 4.69) is 18.8 Å². The largest absolute Gasteiger partial charge is 0.370 e. The quantitative estimate of drug-likeness (QED) is 0.348. The van der Waals surface area contributed by atoms with Gasteiger partial charge in [-0.05, 0) is 6.42 Å². The number of nitrogens with one attached hydrogen (secondary N) is 2. The van der Waals surface area contributed by atoms with E-state index in [0.29, 0.717) is 18.3 Å². The van der Waals surface area contributed by atoms with Crippen molar-refractivity contribution >= 4 is 5.84 Å². The molecular weight excluding hydrogens is 124 g/mol. The lowest BCUT2D eigenvalue weighted by Crippen LogP contribution is -2.27. The predicted molar refractivity (Wildman–Crippen MR) is 45.4 cm³/mol. The summed E-state index contributed by atoms with van der Waals surface area (Å²) in [6.45, 7) is 8.37. The van der Waals surface area contributed by atoms with Crippen LogP contribution in [0, 0.1) is 11.3 Å². The molecule has 1 unspecified atom stereocenters. The third-order valence-corrected chi connectivity index (χ3v) is 1.54. The van der Waals surface area contributed by atoms with Gasteiger partial charge < -0.3 is 5.32 Å². The van der Waals surface area contributed by atoms with Crippen molar-refractivity contribution in [1.29, 1.82) is 5.41 Å². The van der Waals surface area contributed by atoms with Crippen LogP contribution in [-0.2, 0) is 0 Å². The molecule has 0 aromatic carbocycles. The van der Waals surface area contributed by atoms with Gasteiger partial charge in [0, 0.05) is 12.5 Å². The molecule has 0 radical (unpaired) electrons. The van der Waals surface area contributed by atoms with Gasteiger partial charge in [0.15, 0.2) is 0 Å². The highest BCUT2D eigenvalue weighted by Crippen LogP contribution is 1.99. The maximum atomic E-state index is 7.44. The minimum atomic E-state index is 0.347. The predicted octanol–water partition coefficient (Wildman–Crippen LogP) is 1.79. The molecule has 2 nitrogen and oxygen atoms in total. The minimum absolute atomic E-state index is 0.347. The van der Waals surface area contributed by atoms with Crippen LogP contribution in [0.1, 0.15) is 20.3 Å². The molecule has 0 aromatic heterocycles. The molecule has 0 bridgehead atoms. The fourth-order valence-corrected chi connectivity index (χ4v) is 0.560. The summed E-state index contributed by atoms with van der Waals surface area (Å²) in [5, 5.41) is 10.4. The first-order chi connectivity index (χ1) is 4.72. The highest BCUT2D eigenvalue weighted by molar-refractivity contribution is 5.81. The smallest absolute Gasteiger partial charge is 0.0962 e. The molecule has 0 saturated carbocycles. The molecule has 0 aliphatic heterocycles. The third-order valence-electron chi connectivity index (χ3n) is 1.54. The van der Waals surface area contributed by atoms with E-state index in [9.17, 15) is 0 Å². The van der Waals surface area contributed by atoms with Crippen LogP contribution in [0.4, 0.5) is 0 Å². The first kappa shape index (κ1) is 9.21. The second-order valence-electron chi connectivity index (χ2n) is 2.39. The highest BCUT2D eigenvalue weighted by Gasteiger charge is 2.02. The summed E-state index contributed by atoms with van der Waals surface area (Å²) in [5.74, 6) is 0.961. The van der Waals surface area contributed by atoms with Gasteiger partial charge in [-0.2, -0.15) is 0 Å². The van der Waals surface area contributed by atoms with Crippen LogP contribution in [-0.4, -0.2) is 12.4 Å². The van der Waals surface area contributed by atoms with Gasteiger partial charge in [0.25, 0.3) is 0 Å². The molecule has 0 aliphatic carbocycles. The Kier molecular flexibility index (Phi) is 4.63. The zero-order chi connectivity index (χ0) is 7.98. The summed E-state index contributed by atoms with van der Waals surface area (Å²) in [7, 11) is 0. The Labute approximate surface area is 62.8 Å². The second-order valence-corrected chi connectivity index (χ2v) is 2.39. The number of rotatable bonds is 4. The van der Waals surface area contributed by atoms with E-state index in [0.717, 1.165) is 6.42 Å². The first-order valence-electron chi connectivity index (χ1n) is 3.65. The van der Waals surface area contributed by atoms with E-state index < -0.39 is 0 Å². The highest BCUT2D eigenvalue weighted by atomic mass is 14.9. The summed E-state index contributed by atoms with van der Waals surface area (Å²) < 4.78 is 0. The molecule has 0 aromatic rings. The molecule has 0 amide bonds. The average Bonchev–Trinajstić information content (AvgIpc) is 1.98. The van der Waals surface area contributed by atoms with E-state index in [1.54, 1.807) is 6.08 Å². The Balaban J connectivity index is 3.51. The van der Waals surface area contributed by atoms with Gasteiger partial charge in [-0.1, -0.05) is 19.9 Å². The van der Waals surface area contributed by atoms with Crippen LogP contribution in [0.3, 0.4) is 0 Å². The van der Waals surface area contributed by atoms with Gasteiger partial charge in [0.05, 0.1) is 5.84 Å². The Morgan fingerprint density at radius 1 is 1.80 bits per heavy atom. The molecule has 0 fully saturated rings. The number of hydrogen-bond acceptors (Lipinski definition) is 1. The van der Waals surface area contributed by atoms with E-state index in [-0.39, 0.29) is 0 Å². The molecule has 0 aliphatic rings. The lowest BCUT2D eigenvalue weighted by atomic mass is 10.1. The lowest BCUT2D eigenvalue weighted by molar-refractivity contribution is 0.703. The SMILES string of the molecule is C=CCNC(=N)C(C)CC. The Hall–Kier alpha value is -0.790. The van der Waals surface area contributed by atoms with Crippen LogP contribution in [0.15, 0.2) is 12.7 Å². The van der Waals surface area contributed by atoms with E-state index in [4.69, 9.17) is 5.41 Å². The van der Waals surface area contributed by atoms with Gasteiger partial charge in [-0.25, -0.2) is 0 Å². The number of hydrogen-bond donors (Lipinski definition) is 2. The molecule has 0 saturated heterocycles. The van der Waals surface area contributed by atoms with Crippen LogP contribution in [0.25, 0.3) is 0 Å². The third kappa shape index (κ3) is 3.28. The van der Waals surface area contributed by atoms with Gasteiger partial charge in [-0.15, -0.1) is 6.58 Å². The minimum Gasteiger partial charge on any atom is -0.370 e. The van der Waals surface area contributed by atoms with Crippen LogP contribution in [0.5, 0.6) is 0 Å². The molecule has 2 heteroatoms. The fourth-order valence-electron chi connectivity index (χ4n) is 0.560. The number of amidine groups is 1. The molecule has 58 valence electrons. The van der Waals surface area contributed by atoms with Crippen molar-refractivity contribution in [2.75, 3.05) is 6.54 Å². The second kappa shape index (κ2) is 5.03. The molecule has 0 heterocycles. The van der Waals surface area contributed by atoms with Crippen molar-refractivity contribution < 1.29 is 0 Å². The molecule has 1 atom stereocenters. The maximum Gasteiger partial charge on any atom is 0.0962 e. The summed E-state index contributed by atoms with van der Waals surface area (Å²) in [5.41, 5.74) is 0. The van der Waals surface area contributed by atoms with Crippen LogP contribution in [0.2, 0.25) is 0 Å². The van der Waals surface area contributed by atoms with Crippen molar-refractivity contribution in [3.8, 4) is 0 Å². The van der Waals surface area contributed by atoms with Crippen molar-refractivity contribution in [3.63, 3.8) is 0 Å². The van der Waals surface area contributed by atoms with E-state index >= 15 is 0 Å². The molecule has 0 rings (SSSR count). The summed E-state index contributed by atoms with van der Waals surface area (Å²) in [6, 6.07) is 0. The zero-order valence-electron chi connectivity index (χ0n) is 6.78. The monoisotopic (exact) mass is 140 g/mol. The first-order valence-corrected chi connectivity index (χ1v) is 3.65. The summed E-state index contributed by atoms with van der Waals surface area (Å²) in [6.07, 6.45) is 2.78. The Bertz CT molecular complexity index is 118. The Morgan fingerprint density at radius 2 is 2.40 bits per heavy atom. The van der Waals surface area contributed by atoms with Crippen molar-refractivity contribution in [1.82, 2.24) is 5.32 Å². The van der Waals surface area contributed by atoms with E-state index in [1.165, 1.54) is 0 Å². The summed E-state index contributed by atoms with van der Waals surface area (Å²) >= 11 is 0. The van der Waals surface area contributed by atoms with Crippen molar-refractivity contribution in [2.24, 2.45) is 5.92 Å². The van der Waals surface area contributed by atoms with E-state index in [1.807, 2.05) is 6.92 Å². The topological polar surface area (TPSA) is 35.9 Å². The fraction of sp³-hybridized carbons (Fsp3) is 0.625. The van der Waals surface area contributed by atoms with Gasteiger partial charge >= 0.3 is 0 Å². The van der Waals surface area contributed by atoms with Gasteiger partial charge in [0.1, 0.15) is 0 Å². The van der Waals surface area contributed by atoms with Crippen LogP contribution < -0.4 is 5.32 Å². The van der Waals surface area contributed by atoms with Crippen molar-refractivity contribution in [2.45, 2.75) is 20.3 Å². The normalized spacial score (nSPS) is 12.2. The van der Waals surface area contributed by atoms with Crippen LogP contribution >= 0.6 is 0 Å². The standard InChI is InChI=1S/C8H16N2/c1-4-6-10-8(9)7(3)5-2/h4,7H,1,5-6H2,2-3H3,(H2,9,10). The van der Waals surface area contributed by atoms with Gasteiger partial charge in [-0.3, -0.25) is 5.41 Å². The van der Waals surface area contributed by atoms with Crippen molar-refractivity contribution in [3.05, 3.63) is 12.7 Å².